The van der Waals surface area contributed by atoms with E-state index in [4.69, 9.17) is 4.74 Å². The number of alkyl halides is 3. The zero-order valence-electron chi connectivity index (χ0n) is 16.0. The minimum atomic E-state index is -4.47. The van der Waals surface area contributed by atoms with Gasteiger partial charge in [0.1, 0.15) is 23.6 Å². The Kier molecular flexibility index (Phi) is 5.10. The normalized spacial score (nSPS) is 22.6. The molecule has 0 spiro atoms. The lowest BCUT2D eigenvalue weighted by Gasteiger charge is -2.30. The second kappa shape index (κ2) is 7.57. The Morgan fingerprint density at radius 2 is 2.00 bits per heavy atom. The van der Waals surface area contributed by atoms with Crippen LogP contribution in [0.1, 0.15) is 37.4 Å². The lowest BCUT2D eigenvalue weighted by Crippen LogP contribution is -2.33. The molecule has 5 nitrogen and oxygen atoms in total. The van der Waals surface area contributed by atoms with Gasteiger partial charge in [0.2, 0.25) is 0 Å². The van der Waals surface area contributed by atoms with Gasteiger partial charge in [0.25, 0.3) is 0 Å². The largest absolute Gasteiger partial charge is 0.494 e. The van der Waals surface area contributed by atoms with E-state index in [9.17, 15) is 18.0 Å². The first-order valence-electron chi connectivity index (χ1n) is 9.65. The maximum absolute atomic E-state index is 13.5. The summed E-state index contributed by atoms with van der Waals surface area (Å²) in [4.78, 5) is 20.1. The summed E-state index contributed by atoms with van der Waals surface area (Å²) in [7, 11) is 1.44. The molecular formula is C21H22F3N3O2. The molecule has 0 amide bonds. The lowest BCUT2D eigenvalue weighted by molar-refractivity contribution is -0.112. The SMILES string of the molecule is COc1cc2nc(C3CCC(C=O)CC3)[nH]c2cc1N1CC=CC=C1C(F)(F)F. The van der Waals surface area contributed by atoms with Crippen molar-refractivity contribution in [3.63, 3.8) is 0 Å². The molecule has 0 saturated heterocycles. The van der Waals surface area contributed by atoms with Gasteiger partial charge in [-0.15, -0.1) is 0 Å². The summed E-state index contributed by atoms with van der Waals surface area (Å²) in [5.41, 5.74) is 0.935. The van der Waals surface area contributed by atoms with Crippen LogP contribution < -0.4 is 9.64 Å². The first-order chi connectivity index (χ1) is 13.9. The predicted molar refractivity (Wildman–Crippen MR) is 104 cm³/mol. The summed E-state index contributed by atoms with van der Waals surface area (Å²) in [6, 6.07) is 3.34. The molecule has 0 atom stereocenters. The predicted octanol–water partition coefficient (Wildman–Crippen LogP) is 4.87. The van der Waals surface area contributed by atoms with Crippen molar-refractivity contribution < 1.29 is 22.7 Å². The molecule has 1 N–H and O–H groups in total. The van der Waals surface area contributed by atoms with Gasteiger partial charge in [-0.1, -0.05) is 12.2 Å². The molecule has 154 valence electrons. The monoisotopic (exact) mass is 405 g/mol. The summed E-state index contributed by atoms with van der Waals surface area (Å²) in [6.07, 6.45) is 4.09. The van der Waals surface area contributed by atoms with E-state index >= 15 is 0 Å². The first kappa shape index (κ1) is 19.5. The van der Waals surface area contributed by atoms with Gasteiger partial charge in [-0.3, -0.25) is 0 Å². The number of imidazole rings is 1. The van der Waals surface area contributed by atoms with E-state index < -0.39 is 11.9 Å². The summed E-state index contributed by atoms with van der Waals surface area (Å²) in [5.74, 6) is 1.48. The van der Waals surface area contributed by atoms with Crippen LogP contribution >= 0.6 is 0 Å². The molecule has 2 aromatic rings. The van der Waals surface area contributed by atoms with Crippen molar-refractivity contribution in [1.82, 2.24) is 9.97 Å². The van der Waals surface area contributed by atoms with E-state index in [1.807, 2.05) is 0 Å². The number of aromatic nitrogens is 2. The number of anilines is 1. The molecule has 8 heteroatoms. The summed E-state index contributed by atoms with van der Waals surface area (Å²) < 4.78 is 45.9. The first-order valence-corrected chi connectivity index (χ1v) is 9.65. The molecule has 1 aliphatic heterocycles. The highest BCUT2D eigenvalue weighted by molar-refractivity contribution is 5.85. The zero-order chi connectivity index (χ0) is 20.6. The smallest absolute Gasteiger partial charge is 0.431 e. The van der Waals surface area contributed by atoms with E-state index in [-0.39, 0.29) is 18.4 Å². The number of H-pyrrole nitrogens is 1. The number of carbonyl (C=O) groups excluding carboxylic acids is 1. The van der Waals surface area contributed by atoms with Gasteiger partial charge >= 0.3 is 6.18 Å². The summed E-state index contributed by atoms with van der Waals surface area (Å²) in [6.45, 7) is 0.101. The third-order valence-corrected chi connectivity index (χ3v) is 5.70. The number of aromatic amines is 1. The number of hydrogen-bond donors (Lipinski definition) is 1. The highest BCUT2D eigenvalue weighted by Crippen LogP contribution is 2.41. The molecule has 1 aliphatic carbocycles. The zero-order valence-corrected chi connectivity index (χ0v) is 16.0. The van der Waals surface area contributed by atoms with Crippen molar-refractivity contribution in [2.24, 2.45) is 5.92 Å². The summed E-state index contributed by atoms with van der Waals surface area (Å²) >= 11 is 0. The number of methoxy groups -OCH3 is 1. The maximum atomic E-state index is 13.5. The number of fused-ring (bicyclic) bond motifs is 1. The van der Waals surface area contributed by atoms with Gasteiger partial charge in [-0.2, -0.15) is 13.2 Å². The fraction of sp³-hybridized carbons (Fsp3) is 0.429. The number of nitrogens with zero attached hydrogens (tertiary/aromatic N) is 2. The van der Waals surface area contributed by atoms with Gasteiger partial charge in [-0.25, -0.2) is 4.98 Å². The number of halogens is 3. The highest BCUT2D eigenvalue weighted by atomic mass is 19.4. The van der Waals surface area contributed by atoms with Gasteiger partial charge in [-0.05, 0) is 37.8 Å². The number of carbonyl (C=O) groups is 1. The maximum Gasteiger partial charge on any atom is 0.431 e. The van der Waals surface area contributed by atoms with E-state index in [1.54, 1.807) is 18.2 Å². The molecule has 0 unspecified atom stereocenters. The van der Waals surface area contributed by atoms with Crippen LogP contribution in [0.2, 0.25) is 0 Å². The molecule has 0 bridgehead atoms. The van der Waals surface area contributed by atoms with Crippen molar-refractivity contribution in [2.75, 3.05) is 18.6 Å². The van der Waals surface area contributed by atoms with Crippen molar-refractivity contribution in [3.8, 4) is 5.75 Å². The van der Waals surface area contributed by atoms with Crippen LogP contribution in [0.5, 0.6) is 5.75 Å². The fourth-order valence-electron chi connectivity index (χ4n) is 4.13. The van der Waals surface area contributed by atoms with Gasteiger partial charge in [0, 0.05) is 24.4 Å². The minimum Gasteiger partial charge on any atom is -0.494 e. The Balaban J connectivity index is 1.70. The number of allylic oxidation sites excluding steroid dienone is 3. The number of aldehydes is 1. The number of hydrogen-bond acceptors (Lipinski definition) is 4. The third kappa shape index (κ3) is 3.75. The van der Waals surface area contributed by atoms with Crippen LogP contribution in [0.25, 0.3) is 11.0 Å². The molecule has 29 heavy (non-hydrogen) atoms. The van der Waals surface area contributed by atoms with Crippen molar-refractivity contribution in [3.05, 3.63) is 41.9 Å². The molecule has 2 aliphatic rings. The molecule has 1 aromatic carbocycles. The standard InChI is InChI=1S/C21H22F3N3O2/c1-29-18-11-16-15(25-20(26-16)14-7-5-13(12-28)6-8-14)10-17(18)27-9-3-2-4-19(27)21(22,23)24/h2-4,10-14H,5-9H2,1H3,(H,25,26). The van der Waals surface area contributed by atoms with E-state index in [2.05, 4.69) is 9.97 Å². The second-order valence-electron chi connectivity index (χ2n) is 7.50. The molecular weight excluding hydrogens is 383 g/mol. The summed E-state index contributed by atoms with van der Waals surface area (Å²) in [5, 5.41) is 0. The molecule has 1 saturated carbocycles. The Morgan fingerprint density at radius 3 is 2.66 bits per heavy atom. The Labute approximate surface area is 166 Å². The van der Waals surface area contributed by atoms with Crippen LogP contribution in [-0.2, 0) is 4.79 Å². The molecule has 1 aromatic heterocycles. The topological polar surface area (TPSA) is 58.2 Å². The van der Waals surface area contributed by atoms with Crippen LogP contribution in [0.4, 0.5) is 18.9 Å². The van der Waals surface area contributed by atoms with Crippen LogP contribution in [0.15, 0.2) is 36.1 Å². The van der Waals surface area contributed by atoms with Crippen molar-refractivity contribution in [1.29, 1.82) is 0 Å². The number of benzene rings is 1. The van der Waals surface area contributed by atoms with Crippen LogP contribution in [-0.4, -0.2) is 36.1 Å². The molecule has 1 fully saturated rings. The molecule has 0 radical (unpaired) electrons. The average Bonchev–Trinajstić information content (AvgIpc) is 3.15. The third-order valence-electron chi connectivity index (χ3n) is 5.70. The number of nitrogens with one attached hydrogen (secondary N) is 1. The van der Waals surface area contributed by atoms with E-state index in [0.717, 1.165) is 43.9 Å². The van der Waals surface area contributed by atoms with Gasteiger partial charge < -0.3 is 19.4 Å². The molecule has 2 heterocycles. The number of rotatable bonds is 4. The minimum absolute atomic E-state index is 0.101. The van der Waals surface area contributed by atoms with Gasteiger partial charge in [0.15, 0.2) is 0 Å². The Hall–Kier alpha value is -2.77. The second-order valence-corrected chi connectivity index (χ2v) is 7.50. The average molecular weight is 405 g/mol. The Bertz CT molecular complexity index is 969. The van der Waals surface area contributed by atoms with Crippen molar-refractivity contribution >= 4 is 23.0 Å². The fourth-order valence-corrected chi connectivity index (χ4v) is 4.13. The lowest BCUT2D eigenvalue weighted by atomic mass is 9.82. The van der Waals surface area contributed by atoms with E-state index in [1.165, 1.54) is 18.1 Å². The van der Waals surface area contributed by atoms with E-state index in [0.29, 0.717) is 22.5 Å². The van der Waals surface area contributed by atoms with Crippen LogP contribution in [0.3, 0.4) is 0 Å². The number of ether oxygens (including phenoxy) is 1. The van der Waals surface area contributed by atoms with Crippen LogP contribution in [0, 0.1) is 5.92 Å². The molecule has 4 rings (SSSR count). The highest BCUT2D eigenvalue weighted by Gasteiger charge is 2.39. The quantitative estimate of drug-likeness (QED) is 0.738. The Morgan fingerprint density at radius 1 is 1.24 bits per heavy atom. The van der Waals surface area contributed by atoms with Gasteiger partial charge in [0.05, 0.1) is 23.8 Å². The van der Waals surface area contributed by atoms with Crippen molar-refractivity contribution in [2.45, 2.75) is 37.8 Å².